The Balaban J connectivity index is 1.62. The van der Waals surface area contributed by atoms with E-state index in [4.69, 9.17) is 20.8 Å². The van der Waals surface area contributed by atoms with Crippen molar-refractivity contribution in [1.29, 1.82) is 0 Å². The van der Waals surface area contributed by atoms with E-state index in [-0.39, 0.29) is 16.5 Å². The predicted octanol–water partition coefficient (Wildman–Crippen LogP) is 5.05. The molecule has 0 aliphatic rings. The number of rotatable bonds is 5. The second-order valence-corrected chi connectivity index (χ2v) is 7.16. The molecule has 0 aliphatic heterocycles. The Labute approximate surface area is 181 Å². The van der Waals surface area contributed by atoms with E-state index < -0.39 is 17.5 Å². The van der Waals surface area contributed by atoms with Gasteiger partial charge >= 0.3 is 5.63 Å². The van der Waals surface area contributed by atoms with Crippen LogP contribution < -0.4 is 15.7 Å². The van der Waals surface area contributed by atoms with Crippen LogP contribution in [0, 0.1) is 5.82 Å². The average molecular weight is 439 g/mol. The minimum absolute atomic E-state index is 0.174. The van der Waals surface area contributed by atoms with E-state index in [1.165, 1.54) is 36.5 Å². The molecule has 2 heterocycles. The van der Waals surface area contributed by atoms with E-state index in [0.717, 1.165) is 0 Å². The van der Waals surface area contributed by atoms with Gasteiger partial charge < -0.3 is 14.5 Å². The summed E-state index contributed by atoms with van der Waals surface area (Å²) in [6.45, 7) is 1.60. The number of hydrogen-bond donors (Lipinski definition) is 1. The van der Waals surface area contributed by atoms with Crippen molar-refractivity contribution in [3.8, 4) is 16.9 Å². The van der Waals surface area contributed by atoms with Crippen LogP contribution in [0.4, 0.5) is 10.1 Å². The Bertz CT molecular complexity index is 1320. The van der Waals surface area contributed by atoms with Gasteiger partial charge in [0.2, 0.25) is 0 Å². The molecule has 0 bridgehead atoms. The zero-order valence-corrected chi connectivity index (χ0v) is 17.0. The van der Waals surface area contributed by atoms with Crippen molar-refractivity contribution in [2.75, 3.05) is 5.32 Å². The van der Waals surface area contributed by atoms with Gasteiger partial charge in [-0.2, -0.15) is 0 Å². The molecule has 0 saturated heterocycles. The maximum Gasteiger partial charge on any atom is 0.336 e. The molecule has 0 radical (unpaired) electrons. The minimum atomic E-state index is -0.820. The Hall–Kier alpha value is -3.71. The fourth-order valence-corrected chi connectivity index (χ4v) is 3.35. The van der Waals surface area contributed by atoms with Gasteiger partial charge in [0.1, 0.15) is 17.1 Å². The average Bonchev–Trinajstić information content (AvgIpc) is 2.73. The van der Waals surface area contributed by atoms with Gasteiger partial charge in [0.15, 0.2) is 6.10 Å². The first-order valence-electron chi connectivity index (χ1n) is 9.31. The molecule has 0 saturated carbocycles. The summed E-state index contributed by atoms with van der Waals surface area (Å²) >= 11 is 6.17. The topological polar surface area (TPSA) is 81.4 Å². The van der Waals surface area contributed by atoms with Crippen molar-refractivity contribution >= 4 is 34.2 Å². The highest BCUT2D eigenvalue weighted by Crippen LogP contribution is 2.34. The van der Waals surface area contributed by atoms with Crippen molar-refractivity contribution in [3.63, 3.8) is 0 Å². The molecule has 6 nitrogen and oxygen atoms in total. The molecule has 8 heteroatoms. The second kappa shape index (κ2) is 8.57. The fourth-order valence-electron chi connectivity index (χ4n) is 3.09. The van der Waals surface area contributed by atoms with Crippen LogP contribution >= 0.6 is 11.6 Å². The van der Waals surface area contributed by atoms with Crippen LogP contribution in [0.3, 0.4) is 0 Å². The van der Waals surface area contributed by atoms with Crippen LogP contribution in [-0.4, -0.2) is 17.0 Å². The normalized spacial score (nSPS) is 11.8. The Morgan fingerprint density at radius 1 is 1.16 bits per heavy atom. The lowest BCUT2D eigenvalue weighted by molar-refractivity contribution is -0.122. The van der Waals surface area contributed by atoms with Crippen LogP contribution in [0.15, 0.2) is 76.2 Å². The van der Waals surface area contributed by atoms with Crippen molar-refractivity contribution in [1.82, 2.24) is 4.98 Å². The molecule has 0 unspecified atom stereocenters. The summed E-state index contributed by atoms with van der Waals surface area (Å²) < 4.78 is 24.4. The summed E-state index contributed by atoms with van der Waals surface area (Å²) in [5.74, 6) is -0.497. The summed E-state index contributed by atoms with van der Waals surface area (Å²) in [4.78, 5) is 28.4. The van der Waals surface area contributed by atoms with Crippen LogP contribution in [-0.2, 0) is 4.79 Å². The van der Waals surface area contributed by atoms with Crippen molar-refractivity contribution in [2.24, 2.45) is 0 Å². The zero-order valence-electron chi connectivity index (χ0n) is 16.3. The zero-order chi connectivity index (χ0) is 22.0. The van der Waals surface area contributed by atoms with E-state index in [0.29, 0.717) is 28.0 Å². The number of pyridine rings is 1. The Morgan fingerprint density at radius 2 is 2.00 bits per heavy atom. The number of carbonyl (C=O) groups is 1. The number of nitrogens with one attached hydrogen (secondary N) is 1. The number of nitrogens with zero attached hydrogens (tertiary/aromatic N) is 1. The highest BCUT2D eigenvalue weighted by molar-refractivity contribution is 6.33. The largest absolute Gasteiger partial charge is 0.481 e. The third-order valence-electron chi connectivity index (χ3n) is 4.55. The summed E-state index contributed by atoms with van der Waals surface area (Å²) in [5, 5.41) is 3.47. The molecule has 0 fully saturated rings. The standard InChI is InChI=1S/C23H16ClFN2O4/c1-13(23(29)27-15-3-2-8-26-12-15)30-16-5-7-18-19(11-22(28)31-21(18)10-16)17-6-4-14(25)9-20(17)24/h2-13H,1H3,(H,27,29)/t13-/m1/s1. The maximum absolute atomic E-state index is 13.4. The van der Waals surface area contributed by atoms with Gasteiger partial charge in [-0.25, -0.2) is 9.18 Å². The van der Waals surface area contributed by atoms with E-state index in [1.54, 1.807) is 37.4 Å². The SMILES string of the molecule is C[C@@H](Oc1ccc2c(-c3ccc(F)cc3Cl)cc(=O)oc2c1)C(=O)Nc1cccnc1. The molecule has 2 aromatic heterocycles. The molecular formula is C23H16ClFN2O4. The monoisotopic (exact) mass is 438 g/mol. The lowest BCUT2D eigenvalue weighted by Gasteiger charge is -2.15. The molecule has 1 amide bonds. The van der Waals surface area contributed by atoms with Gasteiger partial charge in [0.25, 0.3) is 5.91 Å². The predicted molar refractivity (Wildman–Crippen MR) is 116 cm³/mol. The van der Waals surface area contributed by atoms with E-state index >= 15 is 0 Å². The van der Waals surface area contributed by atoms with Gasteiger partial charge in [-0.15, -0.1) is 0 Å². The molecular weight excluding hydrogens is 423 g/mol. The van der Waals surface area contributed by atoms with Crippen LogP contribution in [0.25, 0.3) is 22.1 Å². The van der Waals surface area contributed by atoms with E-state index in [1.807, 2.05) is 0 Å². The molecule has 0 spiro atoms. The van der Waals surface area contributed by atoms with Gasteiger partial charge in [0.05, 0.1) is 16.9 Å². The van der Waals surface area contributed by atoms with Crippen molar-refractivity contribution in [2.45, 2.75) is 13.0 Å². The van der Waals surface area contributed by atoms with Gasteiger partial charge in [-0.1, -0.05) is 11.6 Å². The summed E-state index contributed by atoms with van der Waals surface area (Å²) in [6, 6.07) is 13.5. The molecule has 31 heavy (non-hydrogen) atoms. The molecule has 4 rings (SSSR count). The lowest BCUT2D eigenvalue weighted by Crippen LogP contribution is -2.30. The van der Waals surface area contributed by atoms with E-state index in [2.05, 4.69) is 10.3 Å². The Morgan fingerprint density at radius 3 is 2.74 bits per heavy atom. The number of fused-ring (bicyclic) bond motifs is 1. The van der Waals surface area contributed by atoms with Gasteiger partial charge in [0, 0.05) is 34.8 Å². The molecule has 4 aromatic rings. The number of amides is 1. The van der Waals surface area contributed by atoms with Gasteiger partial charge in [-0.05, 0) is 49.4 Å². The van der Waals surface area contributed by atoms with Crippen molar-refractivity contribution < 1.29 is 18.3 Å². The second-order valence-electron chi connectivity index (χ2n) is 6.75. The first kappa shape index (κ1) is 20.6. The number of ether oxygens (including phenoxy) is 1. The number of aromatic nitrogens is 1. The summed E-state index contributed by atoms with van der Waals surface area (Å²) in [5.41, 5.74) is 1.21. The maximum atomic E-state index is 13.4. The highest BCUT2D eigenvalue weighted by Gasteiger charge is 2.17. The summed E-state index contributed by atoms with van der Waals surface area (Å²) in [6.07, 6.45) is 2.31. The fraction of sp³-hybridized carbons (Fsp3) is 0.0870. The number of halogens is 2. The first-order chi connectivity index (χ1) is 14.9. The van der Waals surface area contributed by atoms with Crippen molar-refractivity contribution in [3.05, 3.63) is 88.3 Å². The van der Waals surface area contributed by atoms with Crippen LogP contribution in [0.5, 0.6) is 5.75 Å². The van der Waals surface area contributed by atoms with Crippen LogP contribution in [0.2, 0.25) is 5.02 Å². The van der Waals surface area contributed by atoms with Gasteiger partial charge in [-0.3, -0.25) is 9.78 Å². The van der Waals surface area contributed by atoms with E-state index in [9.17, 15) is 14.0 Å². The number of carbonyl (C=O) groups excluding carboxylic acids is 1. The molecule has 1 atom stereocenters. The quantitative estimate of drug-likeness (QED) is 0.441. The van der Waals surface area contributed by atoms with Crippen LogP contribution in [0.1, 0.15) is 6.92 Å². The lowest BCUT2D eigenvalue weighted by atomic mass is 10.0. The molecule has 1 N–H and O–H groups in total. The number of hydrogen-bond acceptors (Lipinski definition) is 5. The molecule has 0 aliphatic carbocycles. The molecule has 156 valence electrons. The number of anilines is 1. The Kier molecular flexibility index (Phi) is 5.68. The summed E-state index contributed by atoms with van der Waals surface area (Å²) in [7, 11) is 0. The third kappa shape index (κ3) is 4.57. The first-order valence-corrected chi connectivity index (χ1v) is 9.69. The minimum Gasteiger partial charge on any atom is -0.481 e. The smallest absolute Gasteiger partial charge is 0.336 e. The number of benzene rings is 2. The highest BCUT2D eigenvalue weighted by atomic mass is 35.5. The third-order valence-corrected chi connectivity index (χ3v) is 4.86. The molecule has 2 aromatic carbocycles.